The lowest BCUT2D eigenvalue weighted by Crippen LogP contribution is -1.91. The third-order valence-electron chi connectivity index (χ3n) is 2.03. The first kappa shape index (κ1) is 13.7. The average Bonchev–Trinajstić information content (AvgIpc) is 2.62. The predicted octanol–water partition coefficient (Wildman–Crippen LogP) is 4.10. The second-order valence-corrected chi connectivity index (χ2v) is 6.51. The number of aromatic hydroxyl groups is 2. The van der Waals surface area contributed by atoms with Crippen LogP contribution in [0.3, 0.4) is 0 Å². The monoisotopic (exact) mass is 408 g/mol. The maximum Gasteiger partial charge on any atom is 0.224 e. The average molecular weight is 410 g/mol. The predicted molar refractivity (Wildman–Crippen MR) is 81.3 cm³/mol. The highest BCUT2D eigenvalue weighted by molar-refractivity contribution is 9.11. The van der Waals surface area contributed by atoms with Crippen LogP contribution in [0.4, 0.5) is 0 Å². The van der Waals surface area contributed by atoms with Gasteiger partial charge in [-0.25, -0.2) is 0 Å². The number of aromatic nitrogens is 1. The molecule has 0 amide bonds. The number of benzene rings is 1. The zero-order valence-corrected chi connectivity index (χ0v) is 13.5. The van der Waals surface area contributed by atoms with Crippen LogP contribution in [0.5, 0.6) is 11.6 Å². The minimum Gasteiger partial charge on any atom is -0.506 e. The minimum atomic E-state index is -0.0326. The number of rotatable bonds is 2. The lowest BCUT2D eigenvalue weighted by atomic mass is 10.2. The molecule has 2 rings (SSSR count). The van der Waals surface area contributed by atoms with E-state index in [1.54, 1.807) is 12.1 Å². The van der Waals surface area contributed by atoms with Crippen molar-refractivity contribution in [3.63, 3.8) is 0 Å². The molecule has 2 aromatic rings. The third kappa shape index (κ3) is 2.82. The SMILES string of the molecule is Oc1c(Br)cc(Br)cc1C=Nn1c(O)csc1=S. The van der Waals surface area contributed by atoms with Crippen LogP contribution >= 0.6 is 55.4 Å². The van der Waals surface area contributed by atoms with Gasteiger partial charge in [-0.3, -0.25) is 0 Å². The molecule has 94 valence electrons. The summed E-state index contributed by atoms with van der Waals surface area (Å²) < 4.78 is 2.99. The highest BCUT2D eigenvalue weighted by atomic mass is 79.9. The Kier molecular flexibility index (Phi) is 4.21. The van der Waals surface area contributed by atoms with Crippen molar-refractivity contribution in [1.82, 2.24) is 4.68 Å². The summed E-state index contributed by atoms with van der Waals surface area (Å²) in [6.07, 6.45) is 1.42. The number of thiazole rings is 1. The Hall–Kier alpha value is -0.700. The molecule has 1 aromatic carbocycles. The molecule has 0 bridgehead atoms. The van der Waals surface area contributed by atoms with E-state index in [2.05, 4.69) is 37.0 Å². The molecule has 8 heteroatoms. The van der Waals surface area contributed by atoms with E-state index in [1.165, 1.54) is 27.6 Å². The van der Waals surface area contributed by atoms with Gasteiger partial charge in [-0.2, -0.15) is 9.78 Å². The van der Waals surface area contributed by atoms with Crippen molar-refractivity contribution in [3.05, 3.63) is 36.0 Å². The topological polar surface area (TPSA) is 57.8 Å². The second-order valence-electron chi connectivity index (χ2n) is 3.24. The summed E-state index contributed by atoms with van der Waals surface area (Å²) in [7, 11) is 0. The van der Waals surface area contributed by atoms with Crippen molar-refractivity contribution in [2.24, 2.45) is 5.10 Å². The van der Waals surface area contributed by atoms with Crippen molar-refractivity contribution < 1.29 is 10.2 Å². The standard InChI is InChI=1S/C10H6Br2N2O2S2/c11-6-1-5(9(16)7(12)2-6)3-13-14-8(15)4-18-10(14)17/h1-4,15-16H. The summed E-state index contributed by atoms with van der Waals surface area (Å²) in [5.41, 5.74) is 0.503. The molecule has 0 aliphatic heterocycles. The molecule has 0 fully saturated rings. The van der Waals surface area contributed by atoms with Gasteiger partial charge < -0.3 is 10.2 Å². The van der Waals surface area contributed by atoms with Gasteiger partial charge in [-0.1, -0.05) is 15.9 Å². The smallest absolute Gasteiger partial charge is 0.224 e. The quantitative estimate of drug-likeness (QED) is 0.579. The van der Waals surface area contributed by atoms with Crippen molar-refractivity contribution in [2.75, 3.05) is 0 Å². The summed E-state index contributed by atoms with van der Waals surface area (Å²) in [6, 6.07) is 3.43. The maximum atomic E-state index is 9.84. The number of hydrogen-bond acceptors (Lipinski definition) is 5. The number of halogens is 2. The molecule has 0 unspecified atom stereocenters. The van der Waals surface area contributed by atoms with Crippen LogP contribution in [-0.4, -0.2) is 21.1 Å². The summed E-state index contributed by atoms with van der Waals surface area (Å²) >= 11 is 12.8. The van der Waals surface area contributed by atoms with Gasteiger partial charge in [0, 0.05) is 10.0 Å². The molecule has 1 heterocycles. The van der Waals surface area contributed by atoms with Gasteiger partial charge in [-0.15, -0.1) is 11.3 Å². The summed E-state index contributed by atoms with van der Waals surface area (Å²) in [5, 5.41) is 24.9. The van der Waals surface area contributed by atoms with E-state index >= 15 is 0 Å². The molecule has 2 N–H and O–H groups in total. The molecule has 0 spiro atoms. The fraction of sp³-hybridized carbons (Fsp3) is 0. The molecule has 1 aromatic heterocycles. The molecule has 18 heavy (non-hydrogen) atoms. The van der Waals surface area contributed by atoms with Gasteiger partial charge in [0.2, 0.25) is 5.88 Å². The Labute approximate surface area is 128 Å². The zero-order valence-electron chi connectivity index (χ0n) is 8.67. The molecule has 4 nitrogen and oxygen atoms in total. The zero-order chi connectivity index (χ0) is 13.3. The van der Waals surface area contributed by atoms with E-state index in [4.69, 9.17) is 12.2 Å². The molecule has 0 saturated heterocycles. The molecule has 0 aliphatic rings. The highest BCUT2D eigenvalue weighted by Gasteiger charge is 2.06. The number of nitrogens with zero attached hydrogens (tertiary/aromatic N) is 2. The third-order valence-corrected chi connectivity index (χ3v) is 4.25. The Bertz CT molecular complexity index is 679. The summed E-state index contributed by atoms with van der Waals surface area (Å²) in [6.45, 7) is 0. The van der Waals surface area contributed by atoms with Crippen molar-refractivity contribution in [2.45, 2.75) is 0 Å². The highest BCUT2D eigenvalue weighted by Crippen LogP contribution is 2.30. The van der Waals surface area contributed by atoms with Gasteiger partial charge >= 0.3 is 0 Å². The first-order valence-corrected chi connectivity index (χ1v) is 7.48. The first-order valence-electron chi connectivity index (χ1n) is 4.61. The van der Waals surface area contributed by atoms with Crippen molar-refractivity contribution in [1.29, 1.82) is 0 Å². The Balaban J connectivity index is 2.44. The first-order chi connectivity index (χ1) is 8.49. The fourth-order valence-corrected chi connectivity index (χ4v) is 3.30. The van der Waals surface area contributed by atoms with Crippen LogP contribution in [0.25, 0.3) is 0 Å². The van der Waals surface area contributed by atoms with Crippen LogP contribution in [0.15, 0.2) is 31.6 Å². The summed E-state index contributed by atoms with van der Waals surface area (Å²) in [4.78, 5) is 0. The Morgan fingerprint density at radius 3 is 2.67 bits per heavy atom. The van der Waals surface area contributed by atoms with E-state index in [-0.39, 0.29) is 11.6 Å². The van der Waals surface area contributed by atoms with Crippen LogP contribution in [0.2, 0.25) is 0 Å². The van der Waals surface area contributed by atoms with Gasteiger partial charge in [0.1, 0.15) is 5.75 Å². The second kappa shape index (κ2) is 5.52. The number of phenolic OH excluding ortho intramolecular Hbond substituents is 1. The lowest BCUT2D eigenvalue weighted by molar-refractivity contribution is 0.429. The minimum absolute atomic E-state index is 0.0326. The molecule has 0 aliphatic carbocycles. The van der Waals surface area contributed by atoms with E-state index in [0.29, 0.717) is 14.0 Å². The molecule has 0 saturated carbocycles. The number of phenols is 1. The van der Waals surface area contributed by atoms with Crippen molar-refractivity contribution in [3.8, 4) is 11.6 Å². The van der Waals surface area contributed by atoms with Gasteiger partial charge in [-0.05, 0) is 40.3 Å². The van der Waals surface area contributed by atoms with Crippen molar-refractivity contribution >= 4 is 61.6 Å². The Morgan fingerprint density at radius 1 is 1.33 bits per heavy atom. The van der Waals surface area contributed by atoms with Crippen LogP contribution in [-0.2, 0) is 0 Å². The van der Waals surface area contributed by atoms with Gasteiger partial charge in [0.25, 0.3) is 0 Å². The largest absolute Gasteiger partial charge is 0.506 e. The normalized spacial score (nSPS) is 11.2. The van der Waals surface area contributed by atoms with Gasteiger partial charge in [0.05, 0.1) is 16.1 Å². The number of hydrogen-bond donors (Lipinski definition) is 2. The Morgan fingerprint density at radius 2 is 2.06 bits per heavy atom. The molecular weight excluding hydrogens is 404 g/mol. The summed E-state index contributed by atoms with van der Waals surface area (Å²) in [5.74, 6) is 0.0398. The maximum absolute atomic E-state index is 9.84. The van der Waals surface area contributed by atoms with Gasteiger partial charge in [0.15, 0.2) is 3.95 Å². The van der Waals surface area contributed by atoms with E-state index < -0.39 is 0 Å². The van der Waals surface area contributed by atoms with E-state index in [0.717, 1.165) is 4.47 Å². The van der Waals surface area contributed by atoms with Crippen LogP contribution in [0.1, 0.15) is 5.56 Å². The molecule has 0 atom stereocenters. The van der Waals surface area contributed by atoms with E-state index in [1.807, 2.05) is 0 Å². The lowest BCUT2D eigenvalue weighted by Gasteiger charge is -2.02. The molecular formula is C10H6Br2N2O2S2. The fourth-order valence-electron chi connectivity index (χ4n) is 1.21. The molecule has 0 radical (unpaired) electrons. The van der Waals surface area contributed by atoms with Crippen LogP contribution < -0.4 is 0 Å². The van der Waals surface area contributed by atoms with E-state index in [9.17, 15) is 10.2 Å². The van der Waals surface area contributed by atoms with Crippen LogP contribution in [0, 0.1) is 3.95 Å².